The topological polar surface area (TPSA) is 66.6 Å². The average Bonchev–Trinajstić information content (AvgIpc) is 2.46. The first-order valence-corrected chi connectivity index (χ1v) is 9.66. The Morgan fingerprint density at radius 3 is 2.48 bits per heavy atom. The molecule has 1 aliphatic carbocycles. The van der Waals surface area contributed by atoms with Crippen LogP contribution in [0.4, 0.5) is 0 Å². The van der Waals surface area contributed by atoms with Crippen molar-refractivity contribution in [1.82, 2.24) is 8.61 Å². The van der Waals surface area contributed by atoms with Crippen LogP contribution >= 0.6 is 0 Å². The summed E-state index contributed by atoms with van der Waals surface area (Å²) in [6.07, 6.45) is 6.08. The highest BCUT2D eigenvalue weighted by molar-refractivity contribution is 7.86. The van der Waals surface area contributed by atoms with Crippen molar-refractivity contribution in [2.24, 2.45) is 17.6 Å². The molecule has 2 aliphatic rings. The minimum atomic E-state index is -3.40. The lowest BCUT2D eigenvalue weighted by Gasteiger charge is -2.47. The molecule has 2 N–H and O–H groups in total. The van der Waals surface area contributed by atoms with Crippen molar-refractivity contribution in [1.29, 1.82) is 0 Å². The molecule has 124 valence electrons. The molecule has 21 heavy (non-hydrogen) atoms. The van der Waals surface area contributed by atoms with E-state index < -0.39 is 15.7 Å². The van der Waals surface area contributed by atoms with E-state index in [2.05, 4.69) is 13.8 Å². The first-order chi connectivity index (χ1) is 9.82. The van der Waals surface area contributed by atoms with Crippen LogP contribution in [0, 0.1) is 11.8 Å². The summed E-state index contributed by atoms with van der Waals surface area (Å²) in [7, 11) is -1.67. The third-order valence-corrected chi connectivity index (χ3v) is 7.47. The third-order valence-electron chi connectivity index (χ3n) is 5.41. The molecule has 3 atom stereocenters. The van der Waals surface area contributed by atoms with Crippen molar-refractivity contribution in [3.63, 3.8) is 0 Å². The third kappa shape index (κ3) is 3.44. The van der Waals surface area contributed by atoms with E-state index in [9.17, 15) is 8.42 Å². The Balaban J connectivity index is 2.21. The van der Waals surface area contributed by atoms with Crippen LogP contribution in [0.5, 0.6) is 0 Å². The van der Waals surface area contributed by atoms with Gasteiger partial charge in [-0.3, -0.25) is 0 Å². The van der Waals surface area contributed by atoms with Crippen molar-refractivity contribution in [2.75, 3.05) is 26.7 Å². The van der Waals surface area contributed by atoms with Gasteiger partial charge in [-0.15, -0.1) is 0 Å². The Kier molecular flexibility index (Phi) is 5.34. The van der Waals surface area contributed by atoms with Gasteiger partial charge in [-0.25, -0.2) is 0 Å². The summed E-state index contributed by atoms with van der Waals surface area (Å²) in [5, 5.41) is 0. The highest BCUT2D eigenvalue weighted by atomic mass is 32.2. The number of nitrogens with zero attached hydrogens (tertiary/aromatic N) is 2. The minimum absolute atomic E-state index is 0.392. The fourth-order valence-electron chi connectivity index (χ4n) is 4.01. The molecule has 5 nitrogen and oxygen atoms in total. The van der Waals surface area contributed by atoms with Crippen LogP contribution in [0.25, 0.3) is 0 Å². The smallest absolute Gasteiger partial charge is 0.282 e. The van der Waals surface area contributed by atoms with Gasteiger partial charge in [-0.2, -0.15) is 17.0 Å². The molecule has 2 fully saturated rings. The van der Waals surface area contributed by atoms with Crippen molar-refractivity contribution < 1.29 is 8.42 Å². The number of nitrogens with two attached hydrogens (primary N) is 1. The average molecular weight is 317 g/mol. The fraction of sp³-hybridized carbons (Fsp3) is 1.00. The zero-order chi connectivity index (χ0) is 15.7. The molecule has 0 amide bonds. The zero-order valence-electron chi connectivity index (χ0n) is 13.7. The molecule has 0 radical (unpaired) electrons. The van der Waals surface area contributed by atoms with Gasteiger partial charge < -0.3 is 5.73 Å². The van der Waals surface area contributed by atoms with Gasteiger partial charge in [0.05, 0.1) is 0 Å². The second-order valence-electron chi connectivity index (χ2n) is 7.21. The lowest BCUT2D eigenvalue weighted by atomic mass is 9.76. The molecule has 0 bridgehead atoms. The number of rotatable bonds is 4. The van der Waals surface area contributed by atoms with Crippen LogP contribution in [-0.2, 0) is 10.2 Å². The molecule has 1 aliphatic heterocycles. The van der Waals surface area contributed by atoms with E-state index >= 15 is 0 Å². The van der Waals surface area contributed by atoms with Gasteiger partial charge in [-0.05, 0) is 37.5 Å². The largest absolute Gasteiger partial charge is 0.329 e. The highest BCUT2D eigenvalue weighted by Gasteiger charge is 2.45. The Morgan fingerprint density at radius 2 is 1.90 bits per heavy atom. The summed E-state index contributed by atoms with van der Waals surface area (Å²) < 4.78 is 29.3. The normalized spacial score (nSPS) is 36.0. The molecular formula is C15H31N3O2S. The number of likely N-dealkylation sites (N-methyl/N-ethyl adjacent to an activating group) is 1. The van der Waals surface area contributed by atoms with E-state index in [1.807, 2.05) is 0 Å². The molecule has 1 heterocycles. The van der Waals surface area contributed by atoms with Gasteiger partial charge >= 0.3 is 0 Å². The summed E-state index contributed by atoms with van der Waals surface area (Å²) in [6, 6.07) is 0. The number of hydrogen-bond acceptors (Lipinski definition) is 3. The van der Waals surface area contributed by atoms with Gasteiger partial charge in [-0.1, -0.05) is 26.7 Å². The lowest BCUT2D eigenvalue weighted by Crippen LogP contribution is -2.60. The maximum atomic E-state index is 13.0. The summed E-state index contributed by atoms with van der Waals surface area (Å²) in [5.41, 5.74) is 5.64. The first-order valence-electron chi connectivity index (χ1n) is 8.26. The second-order valence-corrected chi connectivity index (χ2v) is 9.17. The summed E-state index contributed by atoms with van der Waals surface area (Å²) in [6.45, 7) is 6.03. The molecule has 0 aromatic rings. The Hall–Kier alpha value is -0.170. The maximum Gasteiger partial charge on any atom is 0.282 e. The number of hydrogen-bond donors (Lipinski definition) is 1. The van der Waals surface area contributed by atoms with Crippen LogP contribution in [0.3, 0.4) is 0 Å². The van der Waals surface area contributed by atoms with E-state index in [0.717, 1.165) is 32.1 Å². The van der Waals surface area contributed by atoms with Crippen LogP contribution in [0.1, 0.15) is 52.4 Å². The molecule has 0 aromatic carbocycles. The first kappa shape index (κ1) is 17.2. The standard InChI is InChI=1S/C15H31N3O2S/c1-13-6-4-8-15(10-13,12-16)17(3)21(19,20)18-9-5-7-14(2)11-18/h13-14H,4-12,16H2,1-3H3. The summed E-state index contributed by atoms with van der Waals surface area (Å²) >= 11 is 0. The number of piperidine rings is 1. The van der Waals surface area contributed by atoms with Gasteiger partial charge in [0.2, 0.25) is 0 Å². The fourth-order valence-corrected chi connectivity index (χ4v) is 5.88. The quantitative estimate of drug-likeness (QED) is 0.860. The molecule has 2 rings (SSSR count). The van der Waals surface area contributed by atoms with Gasteiger partial charge in [0.15, 0.2) is 0 Å². The Morgan fingerprint density at radius 1 is 1.24 bits per heavy atom. The predicted molar refractivity (Wildman–Crippen MR) is 86.1 cm³/mol. The summed E-state index contributed by atoms with van der Waals surface area (Å²) in [4.78, 5) is 0. The molecular weight excluding hydrogens is 286 g/mol. The van der Waals surface area contributed by atoms with Crippen molar-refractivity contribution in [2.45, 2.75) is 57.9 Å². The van der Waals surface area contributed by atoms with E-state index in [-0.39, 0.29) is 0 Å². The second kappa shape index (κ2) is 6.52. The van der Waals surface area contributed by atoms with E-state index in [0.29, 0.717) is 31.5 Å². The van der Waals surface area contributed by atoms with Crippen LogP contribution in [0.2, 0.25) is 0 Å². The SMILES string of the molecule is CC1CCCN(S(=O)(=O)N(C)C2(CN)CCCC(C)C2)C1. The maximum absolute atomic E-state index is 13.0. The Labute approximate surface area is 130 Å². The van der Waals surface area contributed by atoms with Gasteiger partial charge in [0, 0.05) is 32.2 Å². The van der Waals surface area contributed by atoms with Crippen LogP contribution in [0.15, 0.2) is 0 Å². The van der Waals surface area contributed by atoms with Crippen molar-refractivity contribution in [3.8, 4) is 0 Å². The molecule has 6 heteroatoms. The van der Waals surface area contributed by atoms with Crippen molar-refractivity contribution in [3.05, 3.63) is 0 Å². The monoisotopic (exact) mass is 317 g/mol. The van der Waals surface area contributed by atoms with Gasteiger partial charge in [0.25, 0.3) is 10.2 Å². The molecule has 0 aromatic heterocycles. The van der Waals surface area contributed by atoms with Crippen LogP contribution < -0.4 is 5.73 Å². The zero-order valence-corrected chi connectivity index (χ0v) is 14.5. The van der Waals surface area contributed by atoms with Gasteiger partial charge in [0.1, 0.15) is 0 Å². The highest BCUT2D eigenvalue weighted by Crippen LogP contribution is 2.38. The molecule has 1 saturated heterocycles. The molecule has 0 spiro atoms. The van der Waals surface area contributed by atoms with E-state index in [4.69, 9.17) is 5.73 Å². The minimum Gasteiger partial charge on any atom is -0.329 e. The van der Waals surface area contributed by atoms with Crippen molar-refractivity contribution >= 4 is 10.2 Å². The van der Waals surface area contributed by atoms with Crippen LogP contribution in [-0.4, -0.2) is 49.2 Å². The summed E-state index contributed by atoms with van der Waals surface area (Å²) in [5.74, 6) is 0.987. The lowest BCUT2D eigenvalue weighted by molar-refractivity contribution is 0.117. The predicted octanol–water partition coefficient (Wildman–Crippen LogP) is 1.80. The molecule has 1 saturated carbocycles. The van der Waals surface area contributed by atoms with E-state index in [1.165, 1.54) is 6.42 Å². The Bertz CT molecular complexity index is 454. The molecule has 3 unspecified atom stereocenters. The van der Waals surface area contributed by atoms with E-state index in [1.54, 1.807) is 15.7 Å².